The van der Waals surface area contributed by atoms with E-state index in [0.717, 1.165) is 33.8 Å². The summed E-state index contributed by atoms with van der Waals surface area (Å²) in [4.78, 5) is 13.6. The number of pyridine rings is 3. The van der Waals surface area contributed by atoms with Gasteiger partial charge in [0.15, 0.2) is 0 Å². The van der Waals surface area contributed by atoms with Crippen molar-refractivity contribution in [1.82, 2.24) is 15.0 Å². The highest BCUT2D eigenvalue weighted by Crippen LogP contribution is 2.23. The summed E-state index contributed by atoms with van der Waals surface area (Å²) in [5.41, 5.74) is 19.4. The topological polar surface area (TPSA) is 90.7 Å². The number of hydrogen-bond donors (Lipinski definition) is 2. The van der Waals surface area contributed by atoms with E-state index >= 15 is 0 Å². The Morgan fingerprint density at radius 1 is 0.750 bits per heavy atom. The maximum absolute atomic E-state index is 7.01. The predicted octanol–water partition coefficient (Wildman–Crippen LogP) is 2.85. The Balaban J connectivity index is 1.94. The summed E-state index contributed by atoms with van der Waals surface area (Å²) < 4.78 is 0. The van der Waals surface area contributed by atoms with E-state index in [9.17, 15) is 0 Å². The Morgan fingerprint density at radius 3 is 1.54 bits per heavy atom. The van der Waals surface area contributed by atoms with Gasteiger partial charge in [0.2, 0.25) is 0 Å². The van der Waals surface area contributed by atoms with Crippen molar-refractivity contribution in [3.05, 3.63) is 88.8 Å². The monoisotopic (exact) mass is 375 g/mol. The van der Waals surface area contributed by atoms with Crippen LogP contribution in [0.3, 0.4) is 0 Å². The second kappa shape index (κ2) is 8.59. The number of nitrogens with two attached hydrogens (primary N) is 2. The van der Waals surface area contributed by atoms with Crippen molar-refractivity contribution in [2.45, 2.75) is 51.6 Å². The fourth-order valence-corrected chi connectivity index (χ4v) is 3.50. The molecule has 28 heavy (non-hydrogen) atoms. The van der Waals surface area contributed by atoms with Crippen molar-refractivity contribution < 1.29 is 0 Å². The fraction of sp³-hybridized carbons (Fsp3) is 0.348. The molecule has 3 heterocycles. The Kier molecular flexibility index (Phi) is 6.17. The van der Waals surface area contributed by atoms with Gasteiger partial charge >= 0.3 is 0 Å². The molecule has 0 aliphatic heterocycles. The largest absolute Gasteiger partial charge is 0.326 e. The molecule has 0 aliphatic carbocycles. The SMILES string of the molecule is Cc1cccnc1CC(N)C(N)(Cc1ncccc1C)Cc1ncccc1C. The number of hydrogen-bond acceptors (Lipinski definition) is 5. The third-order valence-electron chi connectivity index (χ3n) is 5.50. The molecule has 0 radical (unpaired) electrons. The van der Waals surface area contributed by atoms with Crippen LogP contribution in [0.4, 0.5) is 0 Å². The summed E-state index contributed by atoms with van der Waals surface area (Å²) in [6.45, 7) is 6.17. The van der Waals surface area contributed by atoms with Crippen LogP contribution < -0.4 is 11.5 Å². The van der Waals surface area contributed by atoms with Gasteiger partial charge in [0, 0.05) is 66.5 Å². The highest BCUT2D eigenvalue weighted by atomic mass is 14.9. The minimum Gasteiger partial charge on any atom is -0.326 e. The molecule has 4 N–H and O–H groups in total. The molecule has 0 aliphatic rings. The second-order valence-corrected chi connectivity index (χ2v) is 7.70. The maximum atomic E-state index is 7.01. The zero-order chi connectivity index (χ0) is 20.1. The minimum absolute atomic E-state index is 0.288. The smallest absolute Gasteiger partial charge is 0.0451 e. The third-order valence-corrected chi connectivity index (χ3v) is 5.50. The van der Waals surface area contributed by atoms with E-state index in [4.69, 9.17) is 11.5 Å². The minimum atomic E-state index is -0.692. The molecule has 0 bridgehead atoms. The molecule has 3 aromatic heterocycles. The predicted molar refractivity (Wildman–Crippen MR) is 113 cm³/mol. The molecule has 0 saturated heterocycles. The lowest BCUT2D eigenvalue weighted by Crippen LogP contribution is -2.59. The van der Waals surface area contributed by atoms with Crippen molar-refractivity contribution >= 4 is 0 Å². The molecular formula is C23H29N5. The Labute approximate surface area is 167 Å². The molecule has 3 aromatic rings. The zero-order valence-electron chi connectivity index (χ0n) is 16.9. The average molecular weight is 376 g/mol. The standard InChI is InChI=1S/C23H29N5/c1-16-7-4-10-26-19(16)13-22(24)23(25,14-20-17(2)8-5-11-27-20)15-21-18(3)9-6-12-28-21/h4-12,22H,13-15,24-25H2,1-3H3. The summed E-state index contributed by atoms with van der Waals surface area (Å²) in [5, 5.41) is 0. The summed E-state index contributed by atoms with van der Waals surface area (Å²) in [6.07, 6.45) is 7.21. The van der Waals surface area contributed by atoms with Crippen LogP contribution in [0.15, 0.2) is 55.0 Å². The Bertz CT molecular complexity index is 890. The normalized spacial score (nSPS) is 12.8. The first-order valence-electron chi connectivity index (χ1n) is 9.65. The fourth-order valence-electron chi connectivity index (χ4n) is 3.50. The van der Waals surface area contributed by atoms with Crippen LogP contribution >= 0.6 is 0 Å². The molecular weight excluding hydrogens is 346 g/mol. The van der Waals surface area contributed by atoms with Crippen LogP contribution in [0.2, 0.25) is 0 Å². The van der Waals surface area contributed by atoms with Crippen LogP contribution in [0.25, 0.3) is 0 Å². The Hall–Kier alpha value is -2.63. The van der Waals surface area contributed by atoms with E-state index < -0.39 is 5.54 Å². The summed E-state index contributed by atoms with van der Waals surface area (Å²) in [6, 6.07) is 11.7. The Morgan fingerprint density at radius 2 is 1.14 bits per heavy atom. The molecule has 0 amide bonds. The molecule has 146 valence electrons. The van der Waals surface area contributed by atoms with Crippen LogP contribution in [-0.2, 0) is 19.3 Å². The molecule has 5 nitrogen and oxygen atoms in total. The summed E-state index contributed by atoms with van der Waals surface area (Å²) in [7, 11) is 0. The van der Waals surface area contributed by atoms with Gasteiger partial charge in [0.05, 0.1) is 0 Å². The van der Waals surface area contributed by atoms with Gasteiger partial charge in [0.1, 0.15) is 0 Å². The van der Waals surface area contributed by atoms with Gasteiger partial charge in [-0.2, -0.15) is 0 Å². The van der Waals surface area contributed by atoms with Gasteiger partial charge in [-0.15, -0.1) is 0 Å². The molecule has 0 fully saturated rings. The highest BCUT2D eigenvalue weighted by molar-refractivity contribution is 5.27. The van der Waals surface area contributed by atoms with Crippen LogP contribution in [0, 0.1) is 20.8 Å². The maximum Gasteiger partial charge on any atom is 0.0451 e. The third kappa shape index (κ3) is 4.61. The van der Waals surface area contributed by atoms with E-state index in [1.165, 1.54) is 0 Å². The molecule has 0 aromatic carbocycles. The van der Waals surface area contributed by atoms with E-state index in [-0.39, 0.29) is 6.04 Å². The lowest BCUT2D eigenvalue weighted by molar-refractivity contribution is 0.326. The first-order valence-corrected chi connectivity index (χ1v) is 9.65. The first kappa shape index (κ1) is 20.1. The molecule has 1 unspecified atom stereocenters. The van der Waals surface area contributed by atoms with Crippen molar-refractivity contribution in [2.24, 2.45) is 11.5 Å². The molecule has 0 saturated carbocycles. The van der Waals surface area contributed by atoms with Crippen molar-refractivity contribution in [1.29, 1.82) is 0 Å². The lowest BCUT2D eigenvalue weighted by Gasteiger charge is -2.36. The second-order valence-electron chi connectivity index (χ2n) is 7.70. The van der Waals surface area contributed by atoms with Crippen LogP contribution in [-0.4, -0.2) is 26.5 Å². The van der Waals surface area contributed by atoms with Gasteiger partial charge in [-0.1, -0.05) is 18.2 Å². The zero-order valence-corrected chi connectivity index (χ0v) is 16.9. The van der Waals surface area contributed by atoms with Gasteiger partial charge in [-0.3, -0.25) is 15.0 Å². The number of aryl methyl sites for hydroxylation is 3. The number of nitrogens with zero attached hydrogens (tertiary/aromatic N) is 3. The van der Waals surface area contributed by atoms with E-state index in [2.05, 4.69) is 53.9 Å². The highest BCUT2D eigenvalue weighted by Gasteiger charge is 2.35. The van der Waals surface area contributed by atoms with E-state index in [1.54, 1.807) is 6.20 Å². The van der Waals surface area contributed by atoms with Gasteiger partial charge in [-0.05, 0) is 55.7 Å². The summed E-state index contributed by atoms with van der Waals surface area (Å²) >= 11 is 0. The average Bonchev–Trinajstić information content (AvgIpc) is 2.67. The summed E-state index contributed by atoms with van der Waals surface area (Å²) in [5.74, 6) is 0. The number of rotatable bonds is 7. The van der Waals surface area contributed by atoms with Gasteiger partial charge in [0.25, 0.3) is 0 Å². The van der Waals surface area contributed by atoms with Gasteiger partial charge in [-0.25, -0.2) is 0 Å². The molecule has 0 spiro atoms. The lowest BCUT2D eigenvalue weighted by atomic mass is 9.79. The van der Waals surface area contributed by atoms with E-state index in [0.29, 0.717) is 19.3 Å². The van der Waals surface area contributed by atoms with E-state index in [1.807, 2.05) is 30.6 Å². The number of aromatic nitrogens is 3. The molecule has 5 heteroatoms. The van der Waals surface area contributed by atoms with Crippen molar-refractivity contribution in [3.8, 4) is 0 Å². The first-order chi connectivity index (χ1) is 13.4. The van der Waals surface area contributed by atoms with Crippen molar-refractivity contribution in [3.63, 3.8) is 0 Å². The molecule has 1 atom stereocenters. The molecule has 3 rings (SSSR count). The van der Waals surface area contributed by atoms with Crippen LogP contribution in [0.1, 0.15) is 33.8 Å². The van der Waals surface area contributed by atoms with Crippen LogP contribution in [0.5, 0.6) is 0 Å². The van der Waals surface area contributed by atoms with Crippen molar-refractivity contribution in [2.75, 3.05) is 0 Å². The quantitative estimate of drug-likeness (QED) is 0.663. The van der Waals surface area contributed by atoms with Gasteiger partial charge < -0.3 is 11.5 Å².